The summed E-state index contributed by atoms with van der Waals surface area (Å²) in [4.78, 5) is 4.28. The van der Waals surface area contributed by atoms with Crippen LogP contribution in [0.5, 0.6) is 0 Å². The van der Waals surface area contributed by atoms with Gasteiger partial charge < -0.3 is 0 Å². The van der Waals surface area contributed by atoms with Crippen LogP contribution in [0, 0.1) is 6.92 Å². The molecule has 1 aromatic rings. The maximum atomic E-state index is 4.28. The van der Waals surface area contributed by atoms with E-state index in [1.807, 2.05) is 25.1 Å². The zero-order valence-corrected chi connectivity index (χ0v) is 7.42. The first-order valence-electron chi connectivity index (χ1n) is 2.81. The van der Waals surface area contributed by atoms with Gasteiger partial charge in [0, 0.05) is 10.1 Å². The Morgan fingerprint density at radius 3 is 2.78 bits per heavy atom. The molecule has 0 radical (unpaired) electrons. The predicted molar refractivity (Wildman–Crippen MR) is 46.7 cm³/mol. The van der Waals surface area contributed by atoms with E-state index < -0.39 is 0 Å². The second-order valence-corrected chi connectivity index (χ2v) is 2.67. The molecule has 0 fully saturated rings. The number of alkyl halides is 1. The van der Waals surface area contributed by atoms with E-state index in [0.717, 1.165) is 15.8 Å². The van der Waals surface area contributed by atoms with Crippen molar-refractivity contribution < 1.29 is 0 Å². The van der Waals surface area contributed by atoms with Crippen LogP contribution in [0.25, 0.3) is 0 Å². The van der Waals surface area contributed by atoms with Crippen molar-refractivity contribution in [3.05, 3.63) is 29.6 Å². The third-order valence-corrected chi connectivity index (χ3v) is 1.86. The summed E-state index contributed by atoms with van der Waals surface area (Å²) in [5, 5.41) is 0. The molecule has 0 amide bonds. The van der Waals surface area contributed by atoms with E-state index in [2.05, 4.69) is 27.6 Å². The van der Waals surface area contributed by atoms with Gasteiger partial charge in [-0.15, -0.1) is 0 Å². The third-order valence-electron chi connectivity index (χ3n) is 1.08. The standard InChI is InChI=1S/C7H8IN/c1-6-3-2-4-7(5-8)9-6/h2-4H,5H2,1H3. The van der Waals surface area contributed by atoms with Crippen LogP contribution in [-0.4, -0.2) is 4.98 Å². The first-order chi connectivity index (χ1) is 4.33. The van der Waals surface area contributed by atoms with Crippen LogP contribution in [0.4, 0.5) is 0 Å². The highest BCUT2D eigenvalue weighted by Gasteiger charge is 1.88. The molecule has 48 valence electrons. The fourth-order valence-corrected chi connectivity index (χ4v) is 1.10. The molecule has 0 aliphatic heterocycles. The Kier molecular flexibility index (Phi) is 2.45. The third kappa shape index (κ3) is 1.93. The molecular formula is C7H8IN. The van der Waals surface area contributed by atoms with Crippen molar-refractivity contribution in [1.29, 1.82) is 0 Å². The van der Waals surface area contributed by atoms with Crippen molar-refractivity contribution in [2.45, 2.75) is 11.4 Å². The molecule has 0 unspecified atom stereocenters. The minimum atomic E-state index is 0.999. The van der Waals surface area contributed by atoms with Gasteiger partial charge in [-0.1, -0.05) is 28.7 Å². The van der Waals surface area contributed by atoms with Gasteiger partial charge in [0.1, 0.15) is 0 Å². The molecular weight excluding hydrogens is 225 g/mol. The van der Waals surface area contributed by atoms with Gasteiger partial charge in [0.25, 0.3) is 0 Å². The second-order valence-electron chi connectivity index (χ2n) is 1.90. The number of pyridine rings is 1. The predicted octanol–water partition coefficient (Wildman–Crippen LogP) is 2.33. The van der Waals surface area contributed by atoms with Gasteiger partial charge in [0.15, 0.2) is 0 Å². The average Bonchev–Trinajstić information content (AvgIpc) is 1.88. The molecule has 0 spiro atoms. The molecule has 0 N–H and O–H groups in total. The summed E-state index contributed by atoms with van der Waals surface area (Å²) in [6, 6.07) is 6.09. The zero-order chi connectivity index (χ0) is 6.69. The van der Waals surface area contributed by atoms with E-state index in [1.54, 1.807) is 0 Å². The zero-order valence-electron chi connectivity index (χ0n) is 5.26. The van der Waals surface area contributed by atoms with Crippen molar-refractivity contribution in [3.63, 3.8) is 0 Å². The Bertz CT molecular complexity index is 198. The molecule has 0 aliphatic rings. The molecule has 0 atom stereocenters. The topological polar surface area (TPSA) is 12.9 Å². The highest BCUT2D eigenvalue weighted by Crippen LogP contribution is 2.02. The summed E-state index contributed by atoms with van der Waals surface area (Å²) < 4.78 is 0.999. The van der Waals surface area contributed by atoms with Crippen molar-refractivity contribution >= 4 is 22.6 Å². The van der Waals surface area contributed by atoms with Crippen LogP contribution >= 0.6 is 22.6 Å². The average molecular weight is 233 g/mol. The highest BCUT2D eigenvalue weighted by molar-refractivity contribution is 14.1. The quantitative estimate of drug-likeness (QED) is 0.535. The number of rotatable bonds is 1. The SMILES string of the molecule is Cc1cccc(CI)n1. The van der Waals surface area contributed by atoms with Crippen LogP contribution < -0.4 is 0 Å². The normalized spacial score (nSPS) is 9.56. The van der Waals surface area contributed by atoms with Crippen molar-refractivity contribution in [2.24, 2.45) is 0 Å². The summed E-state index contributed by atoms with van der Waals surface area (Å²) in [5.41, 5.74) is 2.26. The molecule has 0 saturated heterocycles. The van der Waals surface area contributed by atoms with Gasteiger partial charge in [-0.05, 0) is 19.1 Å². The molecule has 0 saturated carbocycles. The van der Waals surface area contributed by atoms with E-state index >= 15 is 0 Å². The molecule has 1 nitrogen and oxygen atoms in total. The van der Waals surface area contributed by atoms with E-state index in [4.69, 9.17) is 0 Å². The Balaban J connectivity index is 2.94. The lowest BCUT2D eigenvalue weighted by atomic mass is 10.3. The number of aryl methyl sites for hydroxylation is 1. The van der Waals surface area contributed by atoms with Gasteiger partial charge in [0.2, 0.25) is 0 Å². The first-order valence-corrected chi connectivity index (χ1v) is 4.34. The molecule has 0 aromatic carbocycles. The number of aromatic nitrogens is 1. The van der Waals surface area contributed by atoms with E-state index in [9.17, 15) is 0 Å². The maximum Gasteiger partial charge on any atom is 0.0504 e. The number of hydrogen-bond acceptors (Lipinski definition) is 1. The molecule has 2 heteroatoms. The Morgan fingerprint density at radius 1 is 1.56 bits per heavy atom. The minimum Gasteiger partial charge on any atom is -0.257 e. The van der Waals surface area contributed by atoms with Crippen molar-refractivity contribution in [2.75, 3.05) is 0 Å². The van der Waals surface area contributed by atoms with Crippen molar-refractivity contribution in [1.82, 2.24) is 4.98 Å². The highest BCUT2D eigenvalue weighted by atomic mass is 127. The summed E-state index contributed by atoms with van der Waals surface area (Å²) >= 11 is 2.31. The van der Waals surface area contributed by atoms with E-state index in [-0.39, 0.29) is 0 Å². The van der Waals surface area contributed by atoms with Gasteiger partial charge >= 0.3 is 0 Å². The molecule has 1 aromatic heterocycles. The molecule has 0 bridgehead atoms. The van der Waals surface area contributed by atoms with Gasteiger partial charge in [-0.25, -0.2) is 0 Å². The molecule has 1 heterocycles. The van der Waals surface area contributed by atoms with Crippen LogP contribution in [0.1, 0.15) is 11.4 Å². The van der Waals surface area contributed by atoms with E-state index in [0.29, 0.717) is 0 Å². The molecule has 1 rings (SSSR count). The smallest absolute Gasteiger partial charge is 0.0504 e. The van der Waals surface area contributed by atoms with Crippen molar-refractivity contribution in [3.8, 4) is 0 Å². The lowest BCUT2D eigenvalue weighted by Crippen LogP contribution is -1.85. The fraction of sp³-hybridized carbons (Fsp3) is 0.286. The van der Waals surface area contributed by atoms with Crippen LogP contribution in [-0.2, 0) is 4.43 Å². The first kappa shape index (κ1) is 6.99. The maximum absolute atomic E-state index is 4.28. The number of nitrogens with zero attached hydrogens (tertiary/aromatic N) is 1. The summed E-state index contributed by atoms with van der Waals surface area (Å²) in [6.45, 7) is 2.01. The number of hydrogen-bond donors (Lipinski definition) is 0. The Labute approximate surface area is 68.6 Å². The lowest BCUT2D eigenvalue weighted by Gasteiger charge is -1.93. The number of halogens is 1. The summed E-state index contributed by atoms with van der Waals surface area (Å²) in [7, 11) is 0. The van der Waals surface area contributed by atoms with Crippen LogP contribution in [0.2, 0.25) is 0 Å². The Hall–Kier alpha value is -0.120. The van der Waals surface area contributed by atoms with Crippen LogP contribution in [0.15, 0.2) is 18.2 Å². The van der Waals surface area contributed by atoms with Crippen LogP contribution in [0.3, 0.4) is 0 Å². The molecule has 9 heavy (non-hydrogen) atoms. The Morgan fingerprint density at radius 2 is 2.33 bits per heavy atom. The van der Waals surface area contributed by atoms with Gasteiger partial charge in [-0.3, -0.25) is 4.98 Å². The van der Waals surface area contributed by atoms with Gasteiger partial charge in [0.05, 0.1) is 5.69 Å². The monoisotopic (exact) mass is 233 g/mol. The second kappa shape index (κ2) is 3.15. The fourth-order valence-electron chi connectivity index (χ4n) is 0.674. The summed E-state index contributed by atoms with van der Waals surface area (Å²) in [6.07, 6.45) is 0. The largest absolute Gasteiger partial charge is 0.257 e. The summed E-state index contributed by atoms with van der Waals surface area (Å²) in [5.74, 6) is 0. The van der Waals surface area contributed by atoms with E-state index in [1.165, 1.54) is 0 Å². The lowest BCUT2D eigenvalue weighted by molar-refractivity contribution is 1.12. The molecule has 0 aliphatic carbocycles. The van der Waals surface area contributed by atoms with Gasteiger partial charge in [-0.2, -0.15) is 0 Å². The minimum absolute atomic E-state index is 0.999.